The Morgan fingerprint density at radius 1 is 0.261 bits per heavy atom. The molecule has 69 heavy (non-hydrogen) atoms. The topological polar surface area (TPSA) is 51.8 Å². The van der Waals surface area contributed by atoms with Gasteiger partial charge in [0.1, 0.15) is 11.2 Å². The zero-order valence-electron chi connectivity index (χ0n) is 37.4. The van der Waals surface area contributed by atoms with Crippen molar-refractivity contribution in [3.63, 3.8) is 0 Å². The molecule has 0 aliphatic heterocycles. The zero-order valence-corrected chi connectivity index (χ0v) is 37.4. The van der Waals surface area contributed by atoms with Crippen molar-refractivity contribution in [2.45, 2.75) is 0 Å². The van der Waals surface area contributed by atoms with Crippen molar-refractivity contribution in [3.05, 3.63) is 249 Å². The number of rotatable bonds is 8. The first-order valence-electron chi connectivity index (χ1n) is 23.3. The van der Waals surface area contributed by atoms with Gasteiger partial charge < -0.3 is 4.42 Å². The maximum atomic E-state index is 6.70. The highest BCUT2D eigenvalue weighted by Gasteiger charge is 2.22. The number of nitrogens with zero attached hydrogens (tertiary/aromatic N) is 3. The molecule has 0 saturated heterocycles. The Morgan fingerprint density at radius 3 is 1.35 bits per heavy atom. The second-order valence-electron chi connectivity index (χ2n) is 17.5. The molecule has 13 rings (SSSR count). The fourth-order valence-corrected chi connectivity index (χ4v) is 9.91. The molecule has 0 N–H and O–H groups in total. The van der Waals surface area contributed by atoms with Gasteiger partial charge in [-0.05, 0) is 75.3 Å². The monoisotopic (exact) mass is 879 g/mol. The zero-order chi connectivity index (χ0) is 45.7. The molecule has 0 atom stereocenters. The van der Waals surface area contributed by atoms with Crippen LogP contribution < -0.4 is 0 Å². The Hall–Kier alpha value is -9.25. The van der Waals surface area contributed by atoms with Gasteiger partial charge in [0.05, 0.1) is 22.6 Å². The Morgan fingerprint density at radius 2 is 0.725 bits per heavy atom. The predicted octanol–water partition coefficient (Wildman–Crippen LogP) is 17.4. The van der Waals surface area contributed by atoms with Crippen LogP contribution in [0.5, 0.6) is 0 Å². The minimum atomic E-state index is 0.660. The van der Waals surface area contributed by atoms with Gasteiger partial charge in [-0.15, -0.1) is 0 Å². The van der Waals surface area contributed by atoms with Crippen LogP contribution in [0.2, 0.25) is 0 Å². The molecule has 3 heterocycles. The Kier molecular flexibility index (Phi) is 9.80. The van der Waals surface area contributed by atoms with Crippen molar-refractivity contribution in [2.24, 2.45) is 0 Å². The lowest BCUT2D eigenvalue weighted by Crippen LogP contribution is -1.96. The Bertz CT molecular complexity index is 3930. The number of hydrogen-bond donors (Lipinski definition) is 0. The Labute approximate surface area is 399 Å². The lowest BCUT2D eigenvalue weighted by molar-refractivity contribution is 0.669. The smallest absolute Gasteiger partial charge is 0.160 e. The fraction of sp³-hybridized carbons (Fsp3) is 0. The summed E-state index contributed by atoms with van der Waals surface area (Å²) in [4.78, 5) is 15.9. The number of fused-ring (bicyclic) bond motifs is 6. The number of aromatic nitrogens is 3. The summed E-state index contributed by atoms with van der Waals surface area (Å²) in [6.07, 6.45) is 0. The van der Waals surface area contributed by atoms with E-state index in [1.54, 1.807) is 0 Å². The summed E-state index contributed by atoms with van der Waals surface area (Å²) < 4.78 is 6.70. The molecule has 13 aromatic rings. The third-order valence-corrected chi connectivity index (χ3v) is 13.3. The largest absolute Gasteiger partial charge is 0.456 e. The summed E-state index contributed by atoms with van der Waals surface area (Å²) in [5.74, 6) is 0.660. The summed E-state index contributed by atoms with van der Waals surface area (Å²) in [5.41, 5.74) is 18.4. The summed E-state index contributed by atoms with van der Waals surface area (Å²) >= 11 is 0. The van der Waals surface area contributed by atoms with E-state index in [1.165, 1.54) is 11.1 Å². The van der Waals surface area contributed by atoms with Crippen LogP contribution in [-0.4, -0.2) is 15.0 Å². The summed E-state index contributed by atoms with van der Waals surface area (Å²) in [7, 11) is 0. The van der Waals surface area contributed by atoms with Gasteiger partial charge in [0.2, 0.25) is 0 Å². The number of pyridine rings is 1. The van der Waals surface area contributed by atoms with Crippen LogP contribution >= 0.6 is 0 Å². The van der Waals surface area contributed by atoms with Gasteiger partial charge in [0.25, 0.3) is 0 Å². The molecule has 0 amide bonds. The number of benzene rings is 10. The SMILES string of the molecule is c1ccc(-c2ccc(-c3cc(-c4ccc(-c5ccccc5)cc4)nc(-c4cccc(-c5cccc(-c6c7c(cc8c(-c9ccccc9)nc9ccccc9c68)oc6ccccc67)c5)c4)n3)cc2)cc1. The highest BCUT2D eigenvalue weighted by Crippen LogP contribution is 2.47. The minimum absolute atomic E-state index is 0.660. The quantitative estimate of drug-likeness (QED) is 0.143. The van der Waals surface area contributed by atoms with Crippen LogP contribution in [0.4, 0.5) is 0 Å². The van der Waals surface area contributed by atoms with Crippen LogP contribution in [-0.2, 0) is 0 Å². The number of hydrogen-bond acceptors (Lipinski definition) is 4. The summed E-state index contributed by atoms with van der Waals surface area (Å²) in [5, 5.41) is 5.46. The van der Waals surface area contributed by atoms with E-state index < -0.39 is 0 Å². The van der Waals surface area contributed by atoms with Gasteiger partial charge >= 0.3 is 0 Å². The van der Waals surface area contributed by atoms with Gasteiger partial charge in [0, 0.05) is 54.7 Å². The van der Waals surface area contributed by atoms with E-state index in [2.05, 4.69) is 224 Å². The van der Waals surface area contributed by atoms with E-state index in [9.17, 15) is 0 Å². The average Bonchev–Trinajstić information content (AvgIpc) is 3.81. The predicted molar refractivity (Wildman–Crippen MR) is 286 cm³/mol. The molecule has 0 bridgehead atoms. The van der Waals surface area contributed by atoms with E-state index in [0.717, 1.165) is 116 Å². The average molecular weight is 880 g/mol. The van der Waals surface area contributed by atoms with E-state index in [4.69, 9.17) is 19.4 Å². The molecule has 0 fully saturated rings. The van der Waals surface area contributed by atoms with Crippen molar-refractivity contribution in [1.29, 1.82) is 0 Å². The van der Waals surface area contributed by atoms with Crippen LogP contribution in [0.25, 0.3) is 133 Å². The highest BCUT2D eigenvalue weighted by molar-refractivity contribution is 6.27. The van der Waals surface area contributed by atoms with Crippen molar-refractivity contribution < 1.29 is 4.42 Å². The molecular weight excluding hydrogens is 839 g/mol. The lowest BCUT2D eigenvalue weighted by atomic mass is 9.88. The maximum Gasteiger partial charge on any atom is 0.160 e. The van der Waals surface area contributed by atoms with Crippen LogP contribution in [0.3, 0.4) is 0 Å². The Balaban J connectivity index is 0.965. The molecular formula is C65H41N3O. The van der Waals surface area contributed by atoms with Crippen LogP contribution in [0.1, 0.15) is 0 Å². The van der Waals surface area contributed by atoms with E-state index in [0.29, 0.717) is 5.82 Å². The normalized spacial score (nSPS) is 11.5. The van der Waals surface area contributed by atoms with E-state index in [1.807, 2.05) is 24.3 Å². The fourth-order valence-electron chi connectivity index (χ4n) is 9.91. The maximum absolute atomic E-state index is 6.70. The molecule has 0 saturated carbocycles. The molecule has 4 nitrogen and oxygen atoms in total. The third kappa shape index (κ3) is 7.32. The van der Waals surface area contributed by atoms with E-state index >= 15 is 0 Å². The molecule has 10 aromatic carbocycles. The molecule has 4 heteroatoms. The highest BCUT2D eigenvalue weighted by atomic mass is 16.3. The van der Waals surface area contributed by atoms with Crippen molar-refractivity contribution in [2.75, 3.05) is 0 Å². The molecule has 0 unspecified atom stereocenters. The number of furan rings is 1. The summed E-state index contributed by atoms with van der Waals surface area (Å²) in [6.45, 7) is 0. The van der Waals surface area contributed by atoms with Gasteiger partial charge in [-0.25, -0.2) is 15.0 Å². The third-order valence-electron chi connectivity index (χ3n) is 13.3. The molecule has 3 aromatic heterocycles. The standard InChI is InChI=1S/C65H41N3O/c1-4-16-42(17-5-1)44-30-34-46(35-31-44)57-41-58(47-36-32-45(33-37-47)43-18-6-2-7-19-43)68-65(67-57)52-25-15-23-50(39-52)49-22-14-24-51(38-49)61-62-53-26-10-12-28-56(53)66-64(48-20-8-3-9-21-48)55(62)40-60-63(61)54-27-11-13-29-59(54)69-60/h1-41H. The van der Waals surface area contributed by atoms with Gasteiger partial charge in [0.15, 0.2) is 5.82 Å². The van der Waals surface area contributed by atoms with Crippen LogP contribution in [0.15, 0.2) is 253 Å². The molecule has 0 radical (unpaired) electrons. The van der Waals surface area contributed by atoms with Crippen molar-refractivity contribution >= 4 is 43.6 Å². The molecule has 0 aliphatic rings. The second kappa shape index (κ2) is 16.9. The van der Waals surface area contributed by atoms with Gasteiger partial charge in [-0.1, -0.05) is 212 Å². The second-order valence-corrected chi connectivity index (χ2v) is 17.5. The van der Waals surface area contributed by atoms with Gasteiger partial charge in [-0.3, -0.25) is 0 Å². The first-order valence-corrected chi connectivity index (χ1v) is 23.3. The molecule has 0 aliphatic carbocycles. The molecule has 322 valence electrons. The lowest BCUT2D eigenvalue weighted by Gasteiger charge is -2.16. The number of para-hydroxylation sites is 2. The van der Waals surface area contributed by atoms with Crippen molar-refractivity contribution in [3.8, 4) is 89.7 Å². The van der Waals surface area contributed by atoms with Crippen LogP contribution in [0, 0.1) is 0 Å². The van der Waals surface area contributed by atoms with E-state index in [-0.39, 0.29) is 0 Å². The first kappa shape index (κ1) is 40.1. The summed E-state index contributed by atoms with van der Waals surface area (Å²) in [6, 6.07) is 87.4. The minimum Gasteiger partial charge on any atom is -0.456 e. The first-order chi connectivity index (χ1) is 34.2. The van der Waals surface area contributed by atoms with Crippen molar-refractivity contribution in [1.82, 2.24) is 15.0 Å². The molecule has 0 spiro atoms. The van der Waals surface area contributed by atoms with Gasteiger partial charge in [-0.2, -0.15) is 0 Å².